The summed E-state index contributed by atoms with van der Waals surface area (Å²) in [5.41, 5.74) is 2.66. The Kier molecular flexibility index (Phi) is 22.8. The van der Waals surface area contributed by atoms with Gasteiger partial charge in [0.2, 0.25) is 0 Å². The Morgan fingerprint density at radius 2 is 0.967 bits per heavy atom. The maximum atomic E-state index is 9.44. The molecule has 1 aliphatic rings. The number of benzene rings is 1. The summed E-state index contributed by atoms with van der Waals surface area (Å²) >= 11 is -6.22. The molecule has 1 fully saturated rings. The molecule has 1 saturated carbocycles. The van der Waals surface area contributed by atoms with Gasteiger partial charge in [-0.05, 0) is 25.7 Å². The lowest BCUT2D eigenvalue weighted by atomic mass is 9.84. The van der Waals surface area contributed by atoms with Crippen molar-refractivity contribution in [2.24, 2.45) is 11.8 Å². The highest BCUT2D eigenvalue weighted by atomic mass is 32.2. The molecule has 0 aliphatic heterocycles. The highest BCUT2D eigenvalue weighted by molar-refractivity contribution is 7.85. The van der Waals surface area contributed by atoms with E-state index < -0.39 is 32.8 Å². The minimum atomic E-state index is -3.91. The van der Waals surface area contributed by atoms with E-state index >= 15 is 0 Å². The Morgan fingerprint density at radius 3 is 1.10 bits per heavy atom. The minimum absolute atomic E-state index is 0.312. The van der Waals surface area contributed by atoms with E-state index in [0.717, 1.165) is 11.8 Å². The number of rotatable bonds is 1. The van der Waals surface area contributed by atoms with E-state index in [1.165, 1.54) is 43.7 Å². The van der Waals surface area contributed by atoms with E-state index in [2.05, 4.69) is 52.0 Å². The van der Waals surface area contributed by atoms with Gasteiger partial charge in [-0.15, -0.1) is 22.7 Å². The molecule has 1 aromatic rings. The van der Waals surface area contributed by atoms with Gasteiger partial charge in [0, 0.05) is 5.75 Å². The summed E-state index contributed by atoms with van der Waals surface area (Å²) in [5, 5.41) is 0. The third-order valence-corrected chi connectivity index (χ3v) is 4.58. The molecule has 30 heavy (non-hydrogen) atoms. The van der Waals surface area contributed by atoms with Crippen molar-refractivity contribution in [2.45, 2.75) is 60.3 Å². The fraction of sp³-hybridized carbons (Fsp3) is 0.667. The van der Waals surface area contributed by atoms with Gasteiger partial charge in [0.15, 0.2) is 0 Å². The van der Waals surface area contributed by atoms with Crippen LogP contribution in [0.4, 0.5) is 0 Å². The first-order valence-corrected chi connectivity index (χ1v) is 12.7. The van der Waals surface area contributed by atoms with Crippen LogP contribution in [0.15, 0.2) is 24.3 Å². The number of aryl methyl sites for hydroxylation is 2. The molecule has 0 aromatic heterocycles. The van der Waals surface area contributed by atoms with Gasteiger partial charge in [-0.25, -0.2) is 8.42 Å². The molecule has 9 nitrogen and oxygen atoms in total. The molecular weight excluding hydrogens is 456 g/mol. The summed E-state index contributed by atoms with van der Waals surface area (Å²) in [5.74, 6) is 1.73. The SMILES string of the molecule is CC1CCC(C)CC1.CCS(=O)(=O)[O-].Cc1ccc(C)cc1.O=S([O-])[O-].O=S([O-])[O-]. The average Bonchev–Trinajstić information content (AvgIpc) is 2.60. The summed E-state index contributed by atoms with van der Waals surface area (Å²) in [6, 6.07) is 8.48. The van der Waals surface area contributed by atoms with Crippen LogP contribution in [0.2, 0.25) is 0 Å². The summed E-state index contributed by atoms with van der Waals surface area (Å²) in [4.78, 5) is 0. The third-order valence-electron chi connectivity index (χ3n) is 3.88. The van der Waals surface area contributed by atoms with Crippen molar-refractivity contribution in [3.8, 4) is 0 Å². The Hall–Kier alpha value is -0.730. The maximum Gasteiger partial charge on any atom is 0.0943 e. The largest absolute Gasteiger partial charge is 0.784 e. The van der Waals surface area contributed by atoms with Gasteiger partial charge in [0.05, 0.1) is 10.1 Å². The third kappa shape index (κ3) is 37.9. The van der Waals surface area contributed by atoms with E-state index in [-0.39, 0.29) is 5.75 Å². The van der Waals surface area contributed by atoms with Crippen LogP contribution in [0.1, 0.15) is 57.6 Å². The van der Waals surface area contributed by atoms with Gasteiger partial charge in [0.1, 0.15) is 0 Å². The predicted molar refractivity (Wildman–Crippen MR) is 112 cm³/mol. The van der Waals surface area contributed by atoms with Crippen molar-refractivity contribution in [1.29, 1.82) is 0 Å². The molecule has 2 rings (SSSR count). The zero-order chi connectivity index (χ0) is 24.3. The van der Waals surface area contributed by atoms with Crippen LogP contribution in [-0.2, 0) is 32.8 Å². The van der Waals surface area contributed by atoms with E-state index in [1.807, 2.05) is 0 Å². The topological polar surface area (TPSA) is 184 Å². The molecule has 0 unspecified atom stereocenters. The van der Waals surface area contributed by atoms with Crippen molar-refractivity contribution in [3.05, 3.63) is 35.4 Å². The van der Waals surface area contributed by atoms with Crippen molar-refractivity contribution < 1.29 is 39.6 Å². The Bertz CT molecular complexity index is 618. The van der Waals surface area contributed by atoms with Crippen LogP contribution in [0.25, 0.3) is 0 Å². The van der Waals surface area contributed by atoms with Gasteiger partial charge in [0.25, 0.3) is 0 Å². The fourth-order valence-corrected chi connectivity index (χ4v) is 2.06. The molecular formula is C18H31O9S3-5. The van der Waals surface area contributed by atoms with Crippen LogP contribution in [0.3, 0.4) is 0 Å². The molecule has 0 saturated heterocycles. The number of hydrogen-bond donors (Lipinski definition) is 0. The van der Waals surface area contributed by atoms with Crippen LogP contribution < -0.4 is 0 Å². The zero-order valence-electron chi connectivity index (χ0n) is 17.9. The molecule has 0 bridgehead atoms. The standard InChI is InChI=1S/C8H16.C8H10.C2H6O3S.2H2O3S/c2*1-7-3-5-8(2)6-4-7;1-2-6(3,4)5;2*1-4(2)3/h7-8H,3-6H2,1-2H3;3-6H,1-2H3;2H2,1H3,(H,3,4,5);2*(H2,1,2,3)/p-5. The summed E-state index contributed by atoms with van der Waals surface area (Å²) in [7, 11) is -3.91. The van der Waals surface area contributed by atoms with Gasteiger partial charge in [-0.2, -0.15) is 0 Å². The molecule has 0 amide bonds. The second-order valence-electron chi connectivity index (χ2n) is 6.77. The molecule has 180 valence electrons. The van der Waals surface area contributed by atoms with Gasteiger partial charge < -0.3 is 22.8 Å². The van der Waals surface area contributed by atoms with Crippen molar-refractivity contribution in [3.63, 3.8) is 0 Å². The van der Waals surface area contributed by atoms with E-state index in [4.69, 9.17) is 26.6 Å². The minimum Gasteiger partial charge on any atom is -0.784 e. The Labute approximate surface area is 185 Å². The lowest BCUT2D eigenvalue weighted by molar-refractivity contribution is 0.308. The summed E-state index contributed by atoms with van der Waals surface area (Å²) in [6.07, 6.45) is 5.89. The first-order valence-electron chi connectivity index (χ1n) is 9.10. The van der Waals surface area contributed by atoms with Crippen LogP contribution in [0, 0.1) is 25.7 Å². The van der Waals surface area contributed by atoms with E-state index in [9.17, 15) is 13.0 Å². The predicted octanol–water partition coefficient (Wildman–Crippen LogP) is 2.68. The lowest BCUT2D eigenvalue weighted by Gasteiger charge is -2.22. The van der Waals surface area contributed by atoms with Crippen molar-refractivity contribution in [1.82, 2.24) is 0 Å². The molecule has 1 aromatic carbocycles. The molecule has 0 atom stereocenters. The van der Waals surface area contributed by atoms with Gasteiger partial charge >= 0.3 is 0 Å². The summed E-state index contributed by atoms with van der Waals surface area (Å²) in [6.45, 7) is 10.2. The van der Waals surface area contributed by atoms with Crippen molar-refractivity contribution >= 4 is 32.8 Å². The highest BCUT2D eigenvalue weighted by Gasteiger charge is 2.13. The second kappa shape index (κ2) is 20.2. The van der Waals surface area contributed by atoms with E-state index in [0.29, 0.717) is 0 Å². The maximum absolute atomic E-state index is 9.44. The number of hydrogen-bond acceptors (Lipinski definition) is 9. The quantitative estimate of drug-likeness (QED) is 0.424. The fourth-order valence-electron chi connectivity index (χ4n) is 2.06. The lowest BCUT2D eigenvalue weighted by Crippen LogP contribution is -2.08. The van der Waals surface area contributed by atoms with Gasteiger partial charge in [-0.1, -0.05) is 81.8 Å². The Morgan fingerprint density at radius 1 is 0.800 bits per heavy atom. The normalized spacial score (nSPS) is 17.7. The average molecular weight is 488 g/mol. The smallest absolute Gasteiger partial charge is 0.0943 e. The van der Waals surface area contributed by atoms with Crippen LogP contribution in [0.5, 0.6) is 0 Å². The first kappa shape index (κ1) is 33.9. The van der Waals surface area contributed by atoms with Crippen molar-refractivity contribution in [2.75, 3.05) is 5.75 Å². The molecule has 0 N–H and O–H groups in total. The highest BCUT2D eigenvalue weighted by Crippen LogP contribution is 2.27. The van der Waals surface area contributed by atoms with E-state index in [1.54, 1.807) is 0 Å². The van der Waals surface area contributed by atoms with Crippen LogP contribution >= 0.6 is 0 Å². The van der Waals surface area contributed by atoms with Gasteiger partial charge in [-0.3, -0.25) is 8.42 Å². The monoisotopic (exact) mass is 487 g/mol. The molecule has 1 aliphatic carbocycles. The molecule has 0 radical (unpaired) electrons. The molecule has 12 heteroatoms. The Balaban J connectivity index is -0.000000315. The zero-order valence-corrected chi connectivity index (χ0v) is 20.3. The second-order valence-corrected chi connectivity index (χ2v) is 9.28. The molecule has 0 spiro atoms. The molecule has 0 heterocycles. The first-order chi connectivity index (χ1) is 13.6. The summed E-state index contributed by atoms with van der Waals surface area (Å²) < 4.78 is 79.0. The van der Waals surface area contributed by atoms with Crippen LogP contribution in [-0.4, -0.2) is 45.4 Å².